The lowest BCUT2D eigenvalue weighted by atomic mass is 9.99. The van der Waals surface area contributed by atoms with Crippen LogP contribution in [0.3, 0.4) is 0 Å². The molecule has 0 aliphatic carbocycles. The summed E-state index contributed by atoms with van der Waals surface area (Å²) in [6.07, 6.45) is 3.63. The number of nitrogens with zero attached hydrogens (tertiary/aromatic N) is 2. The monoisotopic (exact) mass is 254 g/mol. The third-order valence-corrected chi connectivity index (χ3v) is 3.13. The second-order valence-corrected chi connectivity index (χ2v) is 4.88. The third kappa shape index (κ3) is 4.08. The Balaban J connectivity index is 2.97. The molecule has 2 nitrogen and oxygen atoms in total. The molecule has 0 radical (unpaired) electrons. The first-order valence-electron chi connectivity index (χ1n) is 6.59. The first kappa shape index (κ1) is 15.2. The van der Waals surface area contributed by atoms with Crippen LogP contribution in [0.4, 0.5) is 0 Å². The summed E-state index contributed by atoms with van der Waals surface area (Å²) in [7, 11) is 0. The quantitative estimate of drug-likeness (QED) is 0.686. The van der Waals surface area contributed by atoms with Crippen LogP contribution in [0.15, 0.2) is 49.6 Å². The van der Waals surface area contributed by atoms with Gasteiger partial charge in [-0.3, -0.25) is 4.90 Å². The van der Waals surface area contributed by atoms with Gasteiger partial charge in [0.1, 0.15) is 6.04 Å². The lowest BCUT2D eigenvalue weighted by molar-refractivity contribution is 0.291. The molecule has 0 aromatic heterocycles. The minimum atomic E-state index is -0.253. The molecule has 1 aromatic carbocycles. The van der Waals surface area contributed by atoms with Gasteiger partial charge in [0.15, 0.2) is 0 Å². The lowest BCUT2D eigenvalue weighted by Crippen LogP contribution is -2.28. The van der Waals surface area contributed by atoms with Crippen LogP contribution in [-0.2, 0) is 0 Å². The van der Waals surface area contributed by atoms with Gasteiger partial charge in [0.2, 0.25) is 0 Å². The van der Waals surface area contributed by atoms with Gasteiger partial charge in [-0.2, -0.15) is 5.26 Å². The molecule has 0 saturated carbocycles. The van der Waals surface area contributed by atoms with Gasteiger partial charge < -0.3 is 0 Å². The lowest BCUT2D eigenvalue weighted by Gasteiger charge is -2.25. The topological polar surface area (TPSA) is 27.0 Å². The molecule has 1 atom stereocenters. The molecular weight excluding hydrogens is 232 g/mol. The maximum atomic E-state index is 9.42. The van der Waals surface area contributed by atoms with Gasteiger partial charge in [-0.25, -0.2) is 0 Å². The van der Waals surface area contributed by atoms with Gasteiger partial charge in [0.25, 0.3) is 0 Å². The van der Waals surface area contributed by atoms with Crippen molar-refractivity contribution < 1.29 is 0 Å². The second-order valence-electron chi connectivity index (χ2n) is 4.88. The molecule has 2 heteroatoms. The Hall–Kier alpha value is -1.85. The van der Waals surface area contributed by atoms with E-state index in [1.807, 2.05) is 29.2 Å². The second kappa shape index (κ2) is 7.56. The summed E-state index contributed by atoms with van der Waals surface area (Å²) in [5, 5.41) is 9.42. The van der Waals surface area contributed by atoms with Crippen molar-refractivity contribution in [2.24, 2.45) is 0 Å². The van der Waals surface area contributed by atoms with E-state index in [2.05, 4.69) is 45.2 Å². The highest BCUT2D eigenvalue weighted by molar-refractivity contribution is 5.30. The summed E-state index contributed by atoms with van der Waals surface area (Å²) in [5.41, 5.74) is 2.31. The first-order valence-corrected chi connectivity index (χ1v) is 6.59. The minimum Gasteiger partial charge on any atom is -0.277 e. The van der Waals surface area contributed by atoms with Crippen molar-refractivity contribution in [3.63, 3.8) is 0 Å². The zero-order valence-electron chi connectivity index (χ0n) is 11.8. The van der Waals surface area contributed by atoms with Gasteiger partial charge in [0.05, 0.1) is 6.07 Å². The number of nitriles is 1. The summed E-state index contributed by atoms with van der Waals surface area (Å²) in [5.74, 6) is 0.507. The van der Waals surface area contributed by atoms with E-state index in [4.69, 9.17) is 0 Å². The Morgan fingerprint density at radius 1 is 1.11 bits per heavy atom. The number of hydrogen-bond donors (Lipinski definition) is 0. The van der Waals surface area contributed by atoms with Crippen LogP contribution in [0, 0.1) is 11.3 Å². The highest BCUT2D eigenvalue weighted by atomic mass is 15.1. The van der Waals surface area contributed by atoms with Crippen molar-refractivity contribution in [1.82, 2.24) is 4.90 Å². The van der Waals surface area contributed by atoms with Crippen LogP contribution in [0.2, 0.25) is 0 Å². The Morgan fingerprint density at radius 3 is 1.95 bits per heavy atom. The maximum absolute atomic E-state index is 9.42. The Morgan fingerprint density at radius 2 is 1.58 bits per heavy atom. The summed E-state index contributed by atoms with van der Waals surface area (Å²) in [6.45, 7) is 13.2. The van der Waals surface area contributed by atoms with Crippen molar-refractivity contribution in [2.45, 2.75) is 25.8 Å². The molecular formula is C17H22N2. The van der Waals surface area contributed by atoms with E-state index in [-0.39, 0.29) is 6.04 Å². The SMILES string of the molecule is C=CCN(CC=C)C(C#N)c1ccc(C(C)C)cc1. The fraction of sp³-hybridized carbons (Fsp3) is 0.353. The molecule has 0 amide bonds. The van der Waals surface area contributed by atoms with Crippen LogP contribution in [-0.4, -0.2) is 18.0 Å². The summed E-state index contributed by atoms with van der Waals surface area (Å²) in [6, 6.07) is 10.4. The maximum Gasteiger partial charge on any atom is 0.124 e. The molecule has 1 aromatic rings. The van der Waals surface area contributed by atoms with E-state index in [0.717, 1.165) is 5.56 Å². The molecule has 0 spiro atoms. The predicted molar refractivity (Wildman–Crippen MR) is 80.9 cm³/mol. The highest BCUT2D eigenvalue weighted by Gasteiger charge is 2.17. The van der Waals surface area contributed by atoms with Crippen LogP contribution >= 0.6 is 0 Å². The standard InChI is InChI=1S/C17H22N2/c1-5-11-19(12-6-2)17(13-18)16-9-7-15(8-10-16)14(3)4/h5-10,14,17H,1-2,11-12H2,3-4H3. The van der Waals surface area contributed by atoms with E-state index in [0.29, 0.717) is 19.0 Å². The van der Waals surface area contributed by atoms with Gasteiger partial charge in [-0.15, -0.1) is 13.2 Å². The van der Waals surface area contributed by atoms with E-state index in [1.165, 1.54) is 5.56 Å². The third-order valence-electron chi connectivity index (χ3n) is 3.13. The van der Waals surface area contributed by atoms with Gasteiger partial charge in [0, 0.05) is 13.1 Å². The van der Waals surface area contributed by atoms with Gasteiger partial charge >= 0.3 is 0 Å². The molecule has 0 fully saturated rings. The molecule has 0 aliphatic rings. The van der Waals surface area contributed by atoms with Crippen molar-refractivity contribution in [3.05, 3.63) is 60.7 Å². The zero-order valence-corrected chi connectivity index (χ0v) is 11.8. The van der Waals surface area contributed by atoms with Gasteiger partial charge in [-0.1, -0.05) is 50.3 Å². The van der Waals surface area contributed by atoms with Crippen LogP contribution < -0.4 is 0 Å². The van der Waals surface area contributed by atoms with Crippen molar-refractivity contribution in [2.75, 3.05) is 13.1 Å². The molecule has 0 saturated heterocycles. The largest absolute Gasteiger partial charge is 0.277 e. The van der Waals surface area contributed by atoms with Crippen molar-refractivity contribution >= 4 is 0 Å². The number of rotatable bonds is 7. The molecule has 0 bridgehead atoms. The Labute approximate surface area is 116 Å². The molecule has 1 unspecified atom stereocenters. The van der Waals surface area contributed by atoms with Crippen molar-refractivity contribution in [3.8, 4) is 6.07 Å². The van der Waals surface area contributed by atoms with Crippen molar-refractivity contribution in [1.29, 1.82) is 5.26 Å². The molecule has 0 N–H and O–H groups in total. The molecule has 100 valence electrons. The van der Waals surface area contributed by atoms with Crippen LogP contribution in [0.1, 0.15) is 36.9 Å². The van der Waals surface area contributed by atoms with E-state index >= 15 is 0 Å². The fourth-order valence-corrected chi connectivity index (χ4v) is 2.05. The Kier molecular flexibility index (Phi) is 6.05. The predicted octanol–water partition coefficient (Wildman–Crippen LogP) is 4.05. The molecule has 0 aliphatic heterocycles. The van der Waals surface area contributed by atoms with Crippen LogP contribution in [0.25, 0.3) is 0 Å². The summed E-state index contributed by atoms with van der Waals surface area (Å²) < 4.78 is 0. The molecule has 19 heavy (non-hydrogen) atoms. The minimum absolute atomic E-state index is 0.253. The number of hydrogen-bond acceptors (Lipinski definition) is 2. The van der Waals surface area contributed by atoms with E-state index < -0.39 is 0 Å². The first-order chi connectivity index (χ1) is 9.13. The smallest absolute Gasteiger partial charge is 0.124 e. The zero-order chi connectivity index (χ0) is 14.3. The molecule has 0 heterocycles. The fourth-order valence-electron chi connectivity index (χ4n) is 2.05. The molecule has 1 rings (SSSR count). The van der Waals surface area contributed by atoms with Gasteiger partial charge in [-0.05, 0) is 17.0 Å². The summed E-state index contributed by atoms with van der Waals surface area (Å²) >= 11 is 0. The Bertz CT molecular complexity index is 441. The normalized spacial score (nSPS) is 12.2. The van der Waals surface area contributed by atoms with E-state index in [9.17, 15) is 5.26 Å². The van der Waals surface area contributed by atoms with E-state index in [1.54, 1.807) is 0 Å². The van der Waals surface area contributed by atoms with Crippen LogP contribution in [0.5, 0.6) is 0 Å². The summed E-state index contributed by atoms with van der Waals surface area (Å²) in [4.78, 5) is 2.05. The highest BCUT2D eigenvalue weighted by Crippen LogP contribution is 2.22. The average molecular weight is 254 g/mol. The average Bonchev–Trinajstić information content (AvgIpc) is 2.40. The number of benzene rings is 1.